The number of thioether (sulfide) groups is 1. The topological polar surface area (TPSA) is 0 Å². The lowest BCUT2D eigenvalue weighted by Crippen LogP contribution is -1.83. The molecule has 0 aliphatic carbocycles. The summed E-state index contributed by atoms with van der Waals surface area (Å²) in [6.45, 7) is 0. The van der Waals surface area contributed by atoms with Crippen molar-refractivity contribution in [3.63, 3.8) is 0 Å². The highest BCUT2D eigenvalue weighted by Gasteiger charge is 1.99. The molecule has 0 N–H and O–H groups in total. The quantitative estimate of drug-likeness (QED) is 0.344. The molecule has 0 nitrogen and oxygen atoms in total. The highest BCUT2D eigenvalue weighted by atomic mass is 35.5. The van der Waals surface area contributed by atoms with Gasteiger partial charge in [0, 0.05) is 10.8 Å². The predicted octanol–water partition coefficient (Wildman–Crippen LogP) is 5.88. The van der Waals surface area contributed by atoms with Crippen molar-refractivity contribution in [3.8, 4) is 0 Å². The zero-order valence-electron chi connectivity index (χ0n) is 9.02. The Bertz CT molecular complexity index is 315. The minimum atomic E-state index is 0.619. The first kappa shape index (κ1) is 14.5. The summed E-state index contributed by atoms with van der Waals surface area (Å²) < 4.78 is 0. The van der Waals surface area contributed by atoms with E-state index in [-0.39, 0.29) is 0 Å². The molecule has 1 rings (SSSR count). The van der Waals surface area contributed by atoms with Crippen LogP contribution in [0.4, 0.5) is 0 Å². The van der Waals surface area contributed by atoms with E-state index in [1.165, 1.54) is 24.2 Å². The molecule has 0 atom stereocenters. The van der Waals surface area contributed by atoms with E-state index in [1.807, 2.05) is 30.0 Å². The summed E-state index contributed by atoms with van der Waals surface area (Å²) in [7, 11) is 0. The van der Waals surface area contributed by atoms with E-state index in [4.69, 9.17) is 34.8 Å². The van der Waals surface area contributed by atoms with E-state index < -0.39 is 0 Å². The van der Waals surface area contributed by atoms with Crippen molar-refractivity contribution in [2.45, 2.75) is 30.6 Å². The number of rotatable bonds is 7. The fraction of sp³-hybridized carbons (Fsp3) is 0.500. The van der Waals surface area contributed by atoms with Gasteiger partial charge in [-0.3, -0.25) is 0 Å². The lowest BCUT2D eigenvalue weighted by atomic mass is 10.2. The molecular formula is C12H15Cl3S. The molecule has 0 amide bonds. The van der Waals surface area contributed by atoms with Gasteiger partial charge >= 0.3 is 0 Å². The van der Waals surface area contributed by atoms with Gasteiger partial charge in [0.05, 0.1) is 10.0 Å². The second kappa shape index (κ2) is 8.52. The lowest BCUT2D eigenvalue weighted by Gasteiger charge is -2.03. The summed E-state index contributed by atoms with van der Waals surface area (Å²) in [6.07, 6.45) is 4.83. The largest absolute Gasteiger partial charge is 0.127 e. The van der Waals surface area contributed by atoms with Crippen LogP contribution in [0.25, 0.3) is 0 Å². The molecule has 0 unspecified atom stereocenters. The van der Waals surface area contributed by atoms with Crippen molar-refractivity contribution in [2.75, 3.05) is 11.6 Å². The van der Waals surface area contributed by atoms with E-state index in [1.54, 1.807) is 0 Å². The molecule has 0 radical (unpaired) electrons. The average Bonchev–Trinajstić information content (AvgIpc) is 2.28. The van der Waals surface area contributed by atoms with Gasteiger partial charge in [-0.05, 0) is 36.8 Å². The van der Waals surface area contributed by atoms with Crippen LogP contribution in [-0.2, 0) is 0 Å². The maximum Gasteiger partial charge on any atom is 0.0603 e. The molecule has 0 heterocycles. The highest BCUT2D eigenvalue weighted by molar-refractivity contribution is 7.99. The number of alkyl halides is 1. The third kappa shape index (κ3) is 5.67. The van der Waals surface area contributed by atoms with Crippen LogP contribution in [0.15, 0.2) is 23.1 Å². The van der Waals surface area contributed by atoms with E-state index in [0.29, 0.717) is 10.0 Å². The Hall–Kier alpha value is 0.440. The van der Waals surface area contributed by atoms with Gasteiger partial charge in [-0.25, -0.2) is 0 Å². The maximum atomic E-state index is 5.94. The van der Waals surface area contributed by atoms with Gasteiger partial charge < -0.3 is 0 Å². The molecule has 0 saturated heterocycles. The third-order valence-electron chi connectivity index (χ3n) is 2.19. The molecule has 0 saturated carbocycles. The van der Waals surface area contributed by atoms with E-state index in [0.717, 1.165) is 18.1 Å². The molecule has 1 aromatic rings. The van der Waals surface area contributed by atoms with Crippen LogP contribution in [0, 0.1) is 0 Å². The molecule has 4 heteroatoms. The van der Waals surface area contributed by atoms with E-state index >= 15 is 0 Å². The van der Waals surface area contributed by atoms with Gasteiger partial charge in [0.15, 0.2) is 0 Å². The summed E-state index contributed by atoms with van der Waals surface area (Å²) >= 11 is 19.2. The Morgan fingerprint density at radius 2 is 1.69 bits per heavy atom. The summed E-state index contributed by atoms with van der Waals surface area (Å²) in [5, 5.41) is 1.25. The number of hydrogen-bond donors (Lipinski definition) is 0. The third-order valence-corrected chi connectivity index (χ3v) is 4.27. The summed E-state index contributed by atoms with van der Waals surface area (Å²) in [4.78, 5) is 1.19. The first-order chi connectivity index (χ1) is 7.74. The van der Waals surface area contributed by atoms with E-state index in [2.05, 4.69) is 0 Å². The molecular weight excluding hydrogens is 283 g/mol. The fourth-order valence-electron chi connectivity index (χ4n) is 1.31. The SMILES string of the molecule is ClCCCCCCSc1ccc(Cl)c(Cl)c1. The second-order valence-corrected chi connectivity index (χ2v) is 5.89. The highest BCUT2D eigenvalue weighted by Crippen LogP contribution is 2.28. The van der Waals surface area contributed by atoms with Crippen LogP contribution >= 0.6 is 46.6 Å². The van der Waals surface area contributed by atoms with Crippen molar-refractivity contribution in [1.29, 1.82) is 0 Å². The molecule has 0 aromatic heterocycles. The number of halogens is 3. The van der Waals surface area contributed by atoms with Crippen molar-refractivity contribution in [3.05, 3.63) is 28.2 Å². The minimum Gasteiger partial charge on any atom is -0.127 e. The summed E-state index contributed by atoms with van der Waals surface area (Å²) in [6, 6.07) is 5.78. The first-order valence-corrected chi connectivity index (χ1v) is 7.65. The zero-order chi connectivity index (χ0) is 11.8. The van der Waals surface area contributed by atoms with E-state index in [9.17, 15) is 0 Å². The summed E-state index contributed by atoms with van der Waals surface area (Å²) in [5.74, 6) is 1.90. The Morgan fingerprint density at radius 3 is 2.38 bits per heavy atom. The molecule has 0 spiro atoms. The standard InChI is InChI=1S/C12H15Cl3S/c13-7-3-1-2-4-8-16-10-5-6-11(14)12(15)9-10/h5-6,9H,1-4,7-8H2. The zero-order valence-corrected chi connectivity index (χ0v) is 12.1. The van der Waals surface area contributed by atoms with Crippen molar-refractivity contribution < 1.29 is 0 Å². The van der Waals surface area contributed by atoms with Crippen molar-refractivity contribution in [2.24, 2.45) is 0 Å². The molecule has 0 bridgehead atoms. The van der Waals surface area contributed by atoms with Crippen LogP contribution in [0.5, 0.6) is 0 Å². The van der Waals surface area contributed by atoms with Crippen LogP contribution in [0.2, 0.25) is 10.0 Å². The normalized spacial score (nSPS) is 10.7. The van der Waals surface area contributed by atoms with Gasteiger partial charge in [-0.1, -0.05) is 36.0 Å². The Morgan fingerprint density at radius 1 is 0.938 bits per heavy atom. The first-order valence-electron chi connectivity index (χ1n) is 5.38. The van der Waals surface area contributed by atoms with Gasteiger partial charge in [0.25, 0.3) is 0 Å². The van der Waals surface area contributed by atoms with Crippen LogP contribution in [-0.4, -0.2) is 11.6 Å². The molecule has 0 fully saturated rings. The maximum absolute atomic E-state index is 5.94. The average molecular weight is 298 g/mol. The number of unbranched alkanes of at least 4 members (excludes halogenated alkanes) is 3. The van der Waals surface area contributed by atoms with Gasteiger partial charge in [-0.2, -0.15) is 0 Å². The smallest absolute Gasteiger partial charge is 0.0603 e. The van der Waals surface area contributed by atoms with Crippen LogP contribution < -0.4 is 0 Å². The number of hydrogen-bond acceptors (Lipinski definition) is 1. The van der Waals surface area contributed by atoms with Crippen molar-refractivity contribution in [1.82, 2.24) is 0 Å². The van der Waals surface area contributed by atoms with Crippen LogP contribution in [0.3, 0.4) is 0 Å². The van der Waals surface area contributed by atoms with Gasteiger partial charge in [0.2, 0.25) is 0 Å². The molecule has 0 aliphatic rings. The predicted molar refractivity (Wildman–Crippen MR) is 76.4 cm³/mol. The summed E-state index contributed by atoms with van der Waals surface area (Å²) in [5.41, 5.74) is 0. The second-order valence-electron chi connectivity index (χ2n) is 3.53. The Kier molecular flexibility index (Phi) is 7.72. The molecule has 16 heavy (non-hydrogen) atoms. The fourth-order valence-corrected chi connectivity index (χ4v) is 2.81. The lowest BCUT2D eigenvalue weighted by molar-refractivity contribution is 0.709. The van der Waals surface area contributed by atoms with Crippen molar-refractivity contribution >= 4 is 46.6 Å². The molecule has 90 valence electrons. The van der Waals surface area contributed by atoms with Gasteiger partial charge in [0.1, 0.15) is 0 Å². The Balaban J connectivity index is 2.19. The molecule has 1 aromatic carbocycles. The monoisotopic (exact) mass is 296 g/mol. The number of benzene rings is 1. The Labute approximate surface area is 117 Å². The van der Waals surface area contributed by atoms with Gasteiger partial charge in [-0.15, -0.1) is 23.4 Å². The van der Waals surface area contributed by atoms with Crippen LogP contribution in [0.1, 0.15) is 25.7 Å². The minimum absolute atomic E-state index is 0.619. The molecule has 0 aliphatic heterocycles.